The molecule has 6 aromatic carbocycles. The van der Waals surface area contributed by atoms with E-state index in [2.05, 4.69) is 66.5 Å². The number of carbonyl (C=O) groups is 2. The van der Waals surface area contributed by atoms with E-state index in [1.807, 2.05) is 11.8 Å². The van der Waals surface area contributed by atoms with Gasteiger partial charge >= 0.3 is 11.9 Å². The fourth-order valence-corrected chi connectivity index (χ4v) is 7.47. The molecule has 254 valence electrons. The summed E-state index contributed by atoms with van der Waals surface area (Å²) in [6.07, 6.45) is -0.0407. The highest BCUT2D eigenvalue weighted by molar-refractivity contribution is 7.99. The maximum Gasteiger partial charge on any atom is 0.339 e. The Hall–Kier alpha value is -5.51. The van der Waals surface area contributed by atoms with Crippen LogP contribution < -0.4 is 10.2 Å². The minimum Gasteiger partial charge on any atom is -0.507 e. The summed E-state index contributed by atoms with van der Waals surface area (Å²) in [5, 5.41) is 46.2. The van der Waals surface area contributed by atoms with Crippen LogP contribution >= 0.6 is 11.8 Å². The molecule has 8 nitrogen and oxygen atoms in total. The second-order valence-corrected chi connectivity index (χ2v) is 13.4. The van der Waals surface area contributed by atoms with Crippen molar-refractivity contribution in [3.8, 4) is 11.5 Å². The first-order chi connectivity index (χ1) is 24.1. The van der Waals surface area contributed by atoms with E-state index in [0.717, 1.165) is 26.2 Å². The number of aromatic carboxylic acids is 2. The number of benzene rings is 6. The van der Waals surface area contributed by atoms with Gasteiger partial charge in [-0.25, -0.2) is 9.59 Å². The van der Waals surface area contributed by atoms with Gasteiger partial charge in [0.25, 0.3) is 0 Å². The van der Waals surface area contributed by atoms with Crippen molar-refractivity contribution in [2.45, 2.75) is 30.1 Å². The van der Waals surface area contributed by atoms with E-state index in [0.29, 0.717) is 32.7 Å². The number of nitrogens with one attached hydrogen (secondary N) is 1. The molecule has 0 spiro atoms. The topological polar surface area (TPSA) is 130 Å². The number of anilines is 1. The van der Waals surface area contributed by atoms with E-state index < -0.39 is 23.4 Å². The van der Waals surface area contributed by atoms with Gasteiger partial charge in [-0.3, -0.25) is 0 Å². The Bertz CT molecular complexity index is 2130. The number of hydrogen-bond donors (Lipinski definition) is 5. The standard InChI is InChI=1S/C23H16O6.C18H22N2S/c24-20-16(14-7-3-1-5-12(14)9-18(20)22(26)27)11-17-15-8-4-2-6-13(15)10-19(21(17)25)23(28)29;1-14-7-8-17(15(2)13-14)21-18-6-4-3-5-16(18)20-11-9-19-10-12-20/h1-10,24-25H,11H2,(H,26,27)(H,28,29);3-8,13,19H,9-12H2,1-2H3. The van der Waals surface area contributed by atoms with Gasteiger partial charge in [0.1, 0.15) is 22.6 Å². The van der Waals surface area contributed by atoms with Crippen LogP contribution in [0.1, 0.15) is 43.0 Å². The van der Waals surface area contributed by atoms with E-state index >= 15 is 0 Å². The Balaban J connectivity index is 0.000000182. The Morgan fingerprint density at radius 3 is 1.74 bits per heavy atom. The third kappa shape index (κ3) is 7.24. The van der Waals surface area contributed by atoms with Crippen molar-refractivity contribution >= 4 is 50.9 Å². The normalized spacial score (nSPS) is 12.8. The second kappa shape index (κ2) is 14.9. The van der Waals surface area contributed by atoms with Crippen molar-refractivity contribution in [3.63, 3.8) is 0 Å². The SMILES string of the molecule is Cc1ccc(Sc2ccccc2N2CCNCC2)c(C)c1.O=C(O)c1cc2ccccc2c(Cc2c(O)c(C(=O)O)cc3ccccc23)c1O. The molecule has 0 amide bonds. The molecule has 1 aliphatic rings. The number of carboxylic acid groups (broad SMARTS) is 2. The Kier molecular flexibility index (Phi) is 10.3. The van der Waals surface area contributed by atoms with Gasteiger partial charge in [-0.05, 0) is 71.3 Å². The highest BCUT2D eigenvalue weighted by Gasteiger charge is 2.22. The zero-order valence-electron chi connectivity index (χ0n) is 27.8. The quantitative estimate of drug-likeness (QED) is 0.113. The lowest BCUT2D eigenvalue weighted by atomic mass is 9.90. The van der Waals surface area contributed by atoms with Crippen LogP contribution in [0.5, 0.6) is 11.5 Å². The van der Waals surface area contributed by atoms with E-state index in [4.69, 9.17) is 0 Å². The molecule has 50 heavy (non-hydrogen) atoms. The number of aryl methyl sites for hydroxylation is 2. The Morgan fingerprint density at radius 1 is 0.680 bits per heavy atom. The lowest BCUT2D eigenvalue weighted by Gasteiger charge is -2.31. The van der Waals surface area contributed by atoms with E-state index in [-0.39, 0.29) is 17.5 Å². The highest BCUT2D eigenvalue weighted by atomic mass is 32.2. The number of phenols is 2. The zero-order valence-corrected chi connectivity index (χ0v) is 28.6. The molecule has 0 unspecified atom stereocenters. The van der Waals surface area contributed by atoms with E-state index in [1.165, 1.54) is 38.7 Å². The molecule has 1 aliphatic heterocycles. The monoisotopic (exact) mass is 686 g/mol. The molecule has 0 atom stereocenters. The van der Waals surface area contributed by atoms with Crippen LogP contribution in [-0.2, 0) is 6.42 Å². The summed E-state index contributed by atoms with van der Waals surface area (Å²) in [4.78, 5) is 28.4. The third-order valence-corrected chi connectivity index (χ3v) is 10.2. The summed E-state index contributed by atoms with van der Waals surface area (Å²) in [5.74, 6) is -3.36. The number of piperazine rings is 1. The molecular weight excluding hydrogens is 649 g/mol. The lowest BCUT2D eigenvalue weighted by molar-refractivity contribution is 0.0682. The number of rotatable bonds is 7. The van der Waals surface area contributed by atoms with Crippen molar-refractivity contribution in [3.05, 3.63) is 137 Å². The van der Waals surface area contributed by atoms with E-state index in [1.54, 1.807) is 48.5 Å². The number of nitrogens with zero attached hydrogens (tertiary/aromatic N) is 1. The molecule has 0 saturated carbocycles. The van der Waals surface area contributed by atoms with Gasteiger partial charge in [-0.15, -0.1) is 0 Å². The number of fused-ring (bicyclic) bond motifs is 2. The molecular formula is C41H38N2O6S. The molecule has 0 bridgehead atoms. The van der Waals surface area contributed by atoms with Crippen LogP contribution in [0.25, 0.3) is 21.5 Å². The molecule has 0 aliphatic carbocycles. The lowest BCUT2D eigenvalue weighted by Crippen LogP contribution is -2.43. The fraction of sp³-hybridized carbons (Fsp3) is 0.171. The van der Waals surface area contributed by atoms with E-state index in [9.17, 15) is 30.0 Å². The number of aromatic hydroxyl groups is 2. The zero-order chi connectivity index (χ0) is 35.4. The van der Waals surface area contributed by atoms with Crippen LogP contribution in [0.3, 0.4) is 0 Å². The van der Waals surface area contributed by atoms with Crippen molar-refractivity contribution in [2.24, 2.45) is 0 Å². The number of hydrogen-bond acceptors (Lipinski definition) is 7. The summed E-state index contributed by atoms with van der Waals surface area (Å²) >= 11 is 1.88. The van der Waals surface area contributed by atoms with Gasteiger partial charge < -0.3 is 30.6 Å². The molecule has 5 N–H and O–H groups in total. The van der Waals surface area contributed by atoms with Crippen LogP contribution in [0.4, 0.5) is 5.69 Å². The maximum absolute atomic E-state index is 11.6. The second-order valence-electron chi connectivity index (χ2n) is 12.3. The average Bonchev–Trinajstić information content (AvgIpc) is 3.12. The fourth-order valence-electron chi connectivity index (χ4n) is 6.43. The minimum absolute atomic E-state index is 0.0407. The highest BCUT2D eigenvalue weighted by Crippen LogP contribution is 2.39. The van der Waals surface area contributed by atoms with Gasteiger partial charge in [-0.2, -0.15) is 0 Å². The molecule has 0 radical (unpaired) electrons. The van der Waals surface area contributed by atoms with Gasteiger partial charge in [0.05, 0.1) is 5.69 Å². The minimum atomic E-state index is -1.28. The van der Waals surface area contributed by atoms with Crippen molar-refractivity contribution in [1.29, 1.82) is 0 Å². The first kappa shape index (κ1) is 34.4. The number of carboxylic acids is 2. The first-order valence-electron chi connectivity index (χ1n) is 16.4. The van der Waals surface area contributed by atoms with Gasteiger partial charge in [0, 0.05) is 53.5 Å². The molecule has 6 aromatic rings. The largest absolute Gasteiger partial charge is 0.507 e. The predicted molar refractivity (Wildman–Crippen MR) is 200 cm³/mol. The third-order valence-electron chi connectivity index (χ3n) is 8.94. The van der Waals surface area contributed by atoms with Gasteiger partial charge in [0.2, 0.25) is 0 Å². The van der Waals surface area contributed by atoms with Crippen LogP contribution in [0, 0.1) is 13.8 Å². The molecule has 7 rings (SSSR count). The summed E-state index contributed by atoms with van der Waals surface area (Å²) in [6.45, 7) is 8.67. The van der Waals surface area contributed by atoms with Crippen molar-refractivity contribution < 1.29 is 30.0 Å². The summed E-state index contributed by atoms with van der Waals surface area (Å²) < 4.78 is 0. The summed E-state index contributed by atoms with van der Waals surface area (Å²) in [5.41, 5.74) is 4.16. The van der Waals surface area contributed by atoms with Crippen LogP contribution in [0.15, 0.2) is 113 Å². The number of para-hydroxylation sites is 1. The smallest absolute Gasteiger partial charge is 0.339 e. The average molecular weight is 687 g/mol. The summed E-state index contributed by atoms with van der Waals surface area (Å²) in [6, 6.07) is 32.2. The molecule has 1 fully saturated rings. The maximum atomic E-state index is 11.6. The Labute approximate surface area is 294 Å². The van der Waals surface area contributed by atoms with Crippen molar-refractivity contribution in [1.82, 2.24) is 5.32 Å². The molecule has 1 saturated heterocycles. The molecule has 1 heterocycles. The molecule has 0 aromatic heterocycles. The van der Waals surface area contributed by atoms with Gasteiger partial charge in [0.15, 0.2) is 0 Å². The first-order valence-corrected chi connectivity index (χ1v) is 17.2. The predicted octanol–water partition coefficient (Wildman–Crippen LogP) is 8.26. The van der Waals surface area contributed by atoms with Gasteiger partial charge in [-0.1, -0.05) is 90.1 Å². The Morgan fingerprint density at radius 2 is 1.20 bits per heavy atom. The van der Waals surface area contributed by atoms with Crippen LogP contribution in [-0.4, -0.2) is 58.5 Å². The van der Waals surface area contributed by atoms with Crippen molar-refractivity contribution in [2.75, 3.05) is 31.1 Å². The van der Waals surface area contributed by atoms with Crippen LogP contribution in [0.2, 0.25) is 0 Å². The summed E-state index contributed by atoms with van der Waals surface area (Å²) in [7, 11) is 0. The molecule has 9 heteroatoms.